The number of fused-ring (bicyclic) bond motifs is 2. The van der Waals surface area contributed by atoms with Gasteiger partial charge in [-0.15, -0.1) is 0 Å². The number of carboxylic acid groups (broad SMARTS) is 1. The molecule has 3 heterocycles. The first-order valence-electron chi connectivity index (χ1n) is 13.3. The Labute approximate surface area is 226 Å². The van der Waals surface area contributed by atoms with Gasteiger partial charge in [0.2, 0.25) is 0 Å². The summed E-state index contributed by atoms with van der Waals surface area (Å²) < 4.78 is 5.69. The molecule has 2 aromatic carbocycles. The molecular formula is C29H32N6O4. The average Bonchev–Trinajstić information content (AvgIpc) is 3.57. The van der Waals surface area contributed by atoms with E-state index in [1.54, 1.807) is 6.07 Å². The van der Waals surface area contributed by atoms with Gasteiger partial charge >= 0.3 is 6.09 Å². The summed E-state index contributed by atoms with van der Waals surface area (Å²) in [6, 6.07) is 15.7. The van der Waals surface area contributed by atoms with Crippen LogP contribution < -0.4 is 15.5 Å². The summed E-state index contributed by atoms with van der Waals surface area (Å²) in [4.78, 5) is 31.0. The van der Waals surface area contributed by atoms with Gasteiger partial charge in [0, 0.05) is 67.4 Å². The van der Waals surface area contributed by atoms with Gasteiger partial charge < -0.3 is 30.0 Å². The Morgan fingerprint density at radius 3 is 2.64 bits per heavy atom. The van der Waals surface area contributed by atoms with Crippen molar-refractivity contribution in [3.8, 4) is 6.07 Å². The van der Waals surface area contributed by atoms with E-state index in [0.29, 0.717) is 11.1 Å². The number of carbonyl (C=O) groups excluding carboxylic acids is 1. The van der Waals surface area contributed by atoms with Crippen LogP contribution in [0, 0.1) is 11.3 Å². The molecule has 0 bridgehead atoms. The second-order valence-corrected chi connectivity index (χ2v) is 9.79. The number of anilines is 1. The first kappa shape index (κ1) is 26.1. The zero-order valence-corrected chi connectivity index (χ0v) is 21.7. The van der Waals surface area contributed by atoms with Crippen LogP contribution in [0.25, 0.3) is 21.9 Å². The van der Waals surface area contributed by atoms with Gasteiger partial charge in [-0.1, -0.05) is 0 Å². The summed E-state index contributed by atoms with van der Waals surface area (Å²) in [5, 5.41) is 24.7. The highest BCUT2D eigenvalue weighted by atomic mass is 16.4. The number of amides is 2. The number of hydrogen-bond donors (Lipinski definition) is 4. The summed E-state index contributed by atoms with van der Waals surface area (Å²) in [6.07, 6.45) is 4.17. The molecule has 0 saturated carbocycles. The Hall–Kier alpha value is -4.49. The molecule has 0 atom stereocenters. The molecule has 10 nitrogen and oxygen atoms in total. The first-order valence-corrected chi connectivity index (χ1v) is 13.3. The zero-order valence-electron chi connectivity index (χ0n) is 21.7. The van der Waals surface area contributed by atoms with Crippen LogP contribution in [0.4, 0.5) is 10.5 Å². The Balaban J connectivity index is 1.07. The van der Waals surface area contributed by atoms with E-state index >= 15 is 0 Å². The number of nitrogens with one attached hydrogen (secondary N) is 3. The van der Waals surface area contributed by atoms with E-state index in [9.17, 15) is 14.9 Å². The van der Waals surface area contributed by atoms with Crippen LogP contribution in [-0.2, 0) is 6.42 Å². The molecule has 0 aliphatic carbocycles. The number of aryl methyl sites for hydroxylation is 1. The molecule has 4 aromatic rings. The first-order chi connectivity index (χ1) is 19.0. The SMILES string of the molecule is N#Cc1ccc2[nH]cc(CCCCN3CCN(c4ccc5oc(C(=O)NCCNC(=O)O)cc5c4)CC3)c2c1. The maximum absolute atomic E-state index is 12.3. The molecule has 2 amide bonds. The van der Waals surface area contributed by atoms with Crippen molar-refractivity contribution in [3.63, 3.8) is 0 Å². The second kappa shape index (κ2) is 11.9. The van der Waals surface area contributed by atoms with E-state index in [-0.39, 0.29) is 24.8 Å². The number of aromatic amines is 1. The van der Waals surface area contributed by atoms with Crippen molar-refractivity contribution in [3.05, 3.63) is 65.5 Å². The molecule has 5 rings (SSSR count). The van der Waals surface area contributed by atoms with Crippen molar-refractivity contribution in [1.82, 2.24) is 20.5 Å². The number of hydrogen-bond acceptors (Lipinski definition) is 6. The predicted molar refractivity (Wildman–Crippen MR) is 149 cm³/mol. The molecule has 0 radical (unpaired) electrons. The molecule has 1 aliphatic rings. The van der Waals surface area contributed by atoms with Crippen LogP contribution in [0.2, 0.25) is 0 Å². The molecule has 2 aromatic heterocycles. The molecule has 202 valence electrons. The molecule has 0 unspecified atom stereocenters. The molecule has 39 heavy (non-hydrogen) atoms. The summed E-state index contributed by atoms with van der Waals surface area (Å²) in [6.45, 7) is 5.26. The van der Waals surface area contributed by atoms with Crippen molar-refractivity contribution in [2.24, 2.45) is 0 Å². The van der Waals surface area contributed by atoms with Crippen molar-refractivity contribution in [1.29, 1.82) is 5.26 Å². The number of nitrogens with zero attached hydrogens (tertiary/aromatic N) is 3. The monoisotopic (exact) mass is 528 g/mol. The summed E-state index contributed by atoms with van der Waals surface area (Å²) in [5.41, 5.74) is 4.81. The van der Waals surface area contributed by atoms with Gasteiger partial charge in [-0.25, -0.2) is 4.79 Å². The Kier molecular flexibility index (Phi) is 7.99. The summed E-state index contributed by atoms with van der Waals surface area (Å²) in [7, 11) is 0. The fourth-order valence-electron chi connectivity index (χ4n) is 5.11. The smallest absolute Gasteiger partial charge is 0.404 e. The topological polar surface area (TPSA) is 138 Å². The van der Waals surface area contributed by atoms with Crippen molar-refractivity contribution in [2.75, 3.05) is 50.7 Å². The normalized spacial score (nSPS) is 14.0. The van der Waals surface area contributed by atoms with Crippen molar-refractivity contribution in [2.45, 2.75) is 19.3 Å². The van der Waals surface area contributed by atoms with Gasteiger partial charge in [-0.05, 0) is 73.8 Å². The summed E-state index contributed by atoms with van der Waals surface area (Å²) >= 11 is 0. The van der Waals surface area contributed by atoms with Crippen LogP contribution in [0.1, 0.15) is 34.5 Å². The quantitative estimate of drug-likeness (QED) is 0.229. The lowest BCUT2D eigenvalue weighted by Gasteiger charge is -2.36. The Morgan fingerprint density at radius 2 is 1.85 bits per heavy atom. The van der Waals surface area contributed by atoms with E-state index in [1.807, 2.05) is 30.3 Å². The molecule has 10 heteroatoms. The van der Waals surface area contributed by atoms with E-state index in [1.165, 1.54) is 5.56 Å². The number of aromatic nitrogens is 1. The molecule has 0 spiro atoms. The number of piperazine rings is 1. The number of unbranched alkanes of at least 4 members (excludes halogenated alkanes) is 1. The molecule has 1 saturated heterocycles. The van der Waals surface area contributed by atoms with Crippen LogP contribution >= 0.6 is 0 Å². The lowest BCUT2D eigenvalue weighted by Crippen LogP contribution is -2.46. The Morgan fingerprint density at radius 1 is 1.03 bits per heavy atom. The van der Waals surface area contributed by atoms with Gasteiger partial charge in [-0.2, -0.15) is 5.26 Å². The number of rotatable bonds is 10. The number of H-pyrrole nitrogens is 1. The highest BCUT2D eigenvalue weighted by molar-refractivity contribution is 5.96. The van der Waals surface area contributed by atoms with Crippen LogP contribution in [0.3, 0.4) is 0 Å². The minimum absolute atomic E-state index is 0.131. The highest BCUT2D eigenvalue weighted by Gasteiger charge is 2.19. The zero-order chi connectivity index (χ0) is 27.2. The molecular weight excluding hydrogens is 496 g/mol. The van der Waals surface area contributed by atoms with E-state index in [4.69, 9.17) is 9.52 Å². The van der Waals surface area contributed by atoms with Gasteiger partial charge in [0.05, 0.1) is 11.6 Å². The third-order valence-electron chi connectivity index (χ3n) is 7.21. The third-order valence-corrected chi connectivity index (χ3v) is 7.21. The van der Waals surface area contributed by atoms with E-state index < -0.39 is 6.09 Å². The van der Waals surface area contributed by atoms with E-state index in [0.717, 1.165) is 74.0 Å². The minimum Gasteiger partial charge on any atom is -0.465 e. The van der Waals surface area contributed by atoms with E-state index in [2.05, 4.69) is 43.7 Å². The van der Waals surface area contributed by atoms with Crippen LogP contribution in [0.15, 0.2) is 53.1 Å². The fraction of sp³-hybridized carbons (Fsp3) is 0.345. The van der Waals surface area contributed by atoms with Gasteiger partial charge in [0.1, 0.15) is 5.58 Å². The molecule has 4 N–H and O–H groups in total. The highest BCUT2D eigenvalue weighted by Crippen LogP contribution is 2.26. The third kappa shape index (κ3) is 6.33. The van der Waals surface area contributed by atoms with Crippen molar-refractivity contribution >= 4 is 39.6 Å². The largest absolute Gasteiger partial charge is 0.465 e. The fourth-order valence-corrected chi connectivity index (χ4v) is 5.11. The maximum atomic E-state index is 12.3. The van der Waals surface area contributed by atoms with Gasteiger partial charge in [0.15, 0.2) is 5.76 Å². The predicted octanol–water partition coefficient (Wildman–Crippen LogP) is 3.93. The van der Waals surface area contributed by atoms with Gasteiger partial charge in [0.25, 0.3) is 5.91 Å². The number of nitriles is 1. The standard InChI is InChI=1S/C29H32N6O4/c30-18-20-4-6-25-24(15-20)21(19-33-25)3-1-2-10-34-11-13-35(14-12-34)23-5-7-26-22(16-23)17-27(39-26)28(36)31-8-9-32-29(37)38/h4-7,15-17,19,32-33H,1-3,8-14H2,(H,31,36)(H,37,38). The number of benzene rings is 2. The summed E-state index contributed by atoms with van der Waals surface area (Å²) in [5.74, 6) is -0.161. The minimum atomic E-state index is -1.13. The maximum Gasteiger partial charge on any atom is 0.404 e. The lowest BCUT2D eigenvalue weighted by molar-refractivity contribution is 0.0927. The molecule has 1 fully saturated rings. The van der Waals surface area contributed by atoms with Crippen LogP contribution in [0.5, 0.6) is 0 Å². The Bertz CT molecular complexity index is 1510. The van der Waals surface area contributed by atoms with Crippen molar-refractivity contribution < 1.29 is 19.1 Å². The average molecular weight is 529 g/mol. The number of furan rings is 1. The number of carbonyl (C=O) groups is 2. The second-order valence-electron chi connectivity index (χ2n) is 9.79. The lowest BCUT2D eigenvalue weighted by atomic mass is 10.1. The molecule has 1 aliphatic heterocycles. The van der Waals surface area contributed by atoms with Crippen LogP contribution in [-0.4, -0.2) is 72.8 Å². The van der Waals surface area contributed by atoms with Gasteiger partial charge in [-0.3, -0.25) is 9.69 Å².